The summed E-state index contributed by atoms with van der Waals surface area (Å²) in [7, 11) is 1.28. The lowest BCUT2D eigenvalue weighted by atomic mass is 10.0. The number of nitrogens with one attached hydrogen (secondary N) is 1. The van der Waals surface area contributed by atoms with Crippen molar-refractivity contribution < 1.29 is 27.8 Å². The average Bonchev–Trinajstić information content (AvgIpc) is 3.53. The van der Waals surface area contributed by atoms with Crippen molar-refractivity contribution in [1.82, 2.24) is 14.8 Å². The van der Waals surface area contributed by atoms with Crippen LogP contribution in [-0.2, 0) is 17.8 Å². The number of fused-ring (bicyclic) bond motifs is 8. The highest BCUT2D eigenvalue weighted by Crippen LogP contribution is 2.58. The number of ether oxygens (including phenoxy) is 2. The topological polar surface area (TPSA) is 89.9 Å². The van der Waals surface area contributed by atoms with Crippen LogP contribution in [0.3, 0.4) is 0 Å². The number of pyridine rings is 1. The highest BCUT2D eigenvalue weighted by atomic mass is 19.1. The van der Waals surface area contributed by atoms with Gasteiger partial charge in [-0.15, -0.1) is 0 Å². The van der Waals surface area contributed by atoms with E-state index in [9.17, 15) is 23.2 Å². The molecule has 10 heteroatoms. The molecule has 5 atom stereocenters. The van der Waals surface area contributed by atoms with Gasteiger partial charge in [-0.2, -0.15) is 0 Å². The van der Waals surface area contributed by atoms with Gasteiger partial charge in [0.2, 0.25) is 5.43 Å². The van der Waals surface area contributed by atoms with E-state index in [2.05, 4.69) is 5.32 Å². The lowest BCUT2D eigenvalue weighted by Gasteiger charge is -2.45. The van der Waals surface area contributed by atoms with Crippen LogP contribution < -0.4 is 15.5 Å². The van der Waals surface area contributed by atoms with Crippen LogP contribution in [0.25, 0.3) is 0 Å². The fraction of sp³-hybridized carbons (Fsp3) is 0.435. The number of methoxy groups -OCH3 is 1. The fourth-order valence-corrected chi connectivity index (χ4v) is 5.64. The van der Waals surface area contributed by atoms with E-state index in [1.807, 2.05) is 0 Å². The fourth-order valence-electron chi connectivity index (χ4n) is 5.64. The third-order valence-corrected chi connectivity index (χ3v) is 7.27. The van der Waals surface area contributed by atoms with Crippen molar-refractivity contribution >= 4 is 11.8 Å². The number of rotatable bonds is 4. The third kappa shape index (κ3) is 3.00. The van der Waals surface area contributed by atoms with Gasteiger partial charge in [-0.3, -0.25) is 14.4 Å². The molecule has 172 valence electrons. The maximum Gasteiger partial charge on any atom is 0.276 e. The smallest absolute Gasteiger partial charge is 0.276 e. The van der Waals surface area contributed by atoms with E-state index in [1.165, 1.54) is 23.9 Å². The number of hydrogen-bond donors (Lipinski definition) is 1. The Morgan fingerprint density at radius 3 is 2.82 bits per heavy atom. The molecule has 1 saturated heterocycles. The maximum absolute atomic E-state index is 13.9. The minimum atomic E-state index is -0.803. The lowest BCUT2D eigenvalue weighted by Crippen LogP contribution is -2.58. The van der Waals surface area contributed by atoms with Crippen LogP contribution in [0, 0.1) is 23.5 Å². The molecule has 1 aromatic carbocycles. The SMILES string of the molecule is COc1c2n(cc(C(=O)NCc3ccc(F)cc3F)c1=O)CC1O[C@@H]3C[C@@H]([C@H]4C[C@H]43)N1C2=O. The molecule has 0 spiro atoms. The molecule has 1 unspecified atom stereocenters. The van der Waals surface area contributed by atoms with E-state index in [1.54, 1.807) is 4.90 Å². The van der Waals surface area contributed by atoms with Crippen molar-refractivity contribution in [3.63, 3.8) is 0 Å². The Labute approximate surface area is 187 Å². The van der Waals surface area contributed by atoms with Gasteiger partial charge in [-0.25, -0.2) is 8.78 Å². The molecule has 1 aromatic heterocycles. The van der Waals surface area contributed by atoms with E-state index in [0.29, 0.717) is 11.8 Å². The first-order chi connectivity index (χ1) is 15.9. The molecular formula is C23H21F2N3O5. The summed E-state index contributed by atoms with van der Waals surface area (Å²) < 4.78 is 40.0. The number of hydrogen-bond acceptors (Lipinski definition) is 5. The molecule has 3 fully saturated rings. The van der Waals surface area contributed by atoms with Crippen LogP contribution in [0.5, 0.6) is 5.75 Å². The maximum atomic E-state index is 13.9. The normalized spacial score (nSPS) is 28.6. The molecular weight excluding hydrogens is 436 g/mol. The van der Waals surface area contributed by atoms with Crippen LogP contribution in [0.1, 0.15) is 39.3 Å². The number of aromatic nitrogens is 1. The number of amides is 2. The van der Waals surface area contributed by atoms with Crippen LogP contribution >= 0.6 is 0 Å². The number of carbonyl (C=O) groups excluding carboxylic acids is 2. The molecule has 3 heterocycles. The molecule has 1 N–H and O–H groups in total. The number of benzene rings is 1. The number of halogens is 2. The van der Waals surface area contributed by atoms with Gasteiger partial charge in [0.15, 0.2) is 17.7 Å². The minimum absolute atomic E-state index is 0.0743. The Morgan fingerprint density at radius 1 is 1.24 bits per heavy atom. The first-order valence-electron chi connectivity index (χ1n) is 10.9. The molecule has 33 heavy (non-hydrogen) atoms. The molecule has 2 aromatic rings. The zero-order valence-electron chi connectivity index (χ0n) is 17.7. The summed E-state index contributed by atoms with van der Waals surface area (Å²) in [5, 5.41) is 2.48. The summed E-state index contributed by atoms with van der Waals surface area (Å²) in [5.41, 5.74) is -0.781. The third-order valence-electron chi connectivity index (χ3n) is 7.27. The monoisotopic (exact) mass is 457 g/mol. The Balaban J connectivity index is 1.32. The predicted molar refractivity (Wildman–Crippen MR) is 110 cm³/mol. The summed E-state index contributed by atoms with van der Waals surface area (Å²) in [6, 6.07) is 3.13. The molecule has 2 saturated carbocycles. The van der Waals surface area contributed by atoms with Gasteiger partial charge in [-0.1, -0.05) is 6.07 Å². The van der Waals surface area contributed by atoms with Gasteiger partial charge in [-0.05, 0) is 30.7 Å². The summed E-state index contributed by atoms with van der Waals surface area (Å²) in [6.45, 7) is 0.0378. The van der Waals surface area contributed by atoms with Crippen LogP contribution in [-0.4, -0.2) is 46.8 Å². The van der Waals surface area contributed by atoms with Gasteiger partial charge in [0.05, 0.1) is 19.8 Å². The highest BCUT2D eigenvalue weighted by molar-refractivity contribution is 5.99. The molecule has 8 nitrogen and oxygen atoms in total. The van der Waals surface area contributed by atoms with Crippen molar-refractivity contribution in [2.75, 3.05) is 7.11 Å². The van der Waals surface area contributed by atoms with E-state index >= 15 is 0 Å². The Hall–Kier alpha value is -3.27. The summed E-state index contributed by atoms with van der Waals surface area (Å²) in [5.74, 6) is -1.88. The second-order valence-electron chi connectivity index (χ2n) is 9.03. The lowest BCUT2D eigenvalue weighted by molar-refractivity contribution is -0.144. The van der Waals surface area contributed by atoms with Gasteiger partial charge in [0, 0.05) is 30.4 Å². The minimum Gasteiger partial charge on any atom is -0.491 e. The molecule has 0 radical (unpaired) electrons. The van der Waals surface area contributed by atoms with Crippen molar-refractivity contribution in [1.29, 1.82) is 0 Å². The molecule has 4 aliphatic rings. The Morgan fingerprint density at radius 2 is 2.06 bits per heavy atom. The Bertz CT molecular complexity index is 1260. The molecule has 2 amide bonds. The van der Waals surface area contributed by atoms with Crippen LogP contribution in [0.15, 0.2) is 29.2 Å². The summed E-state index contributed by atoms with van der Waals surface area (Å²) in [6.07, 6.45) is 2.88. The first-order valence-corrected chi connectivity index (χ1v) is 10.9. The van der Waals surface area contributed by atoms with Gasteiger partial charge >= 0.3 is 0 Å². The second kappa shape index (κ2) is 7.11. The number of carbonyl (C=O) groups is 2. The molecule has 6 rings (SSSR count). The van der Waals surface area contributed by atoms with Gasteiger partial charge in [0.25, 0.3) is 11.8 Å². The summed E-state index contributed by atoms with van der Waals surface area (Å²) >= 11 is 0. The average molecular weight is 457 g/mol. The first kappa shape index (κ1) is 20.3. The van der Waals surface area contributed by atoms with E-state index in [-0.39, 0.29) is 53.7 Å². The van der Waals surface area contributed by atoms with E-state index in [4.69, 9.17) is 9.47 Å². The highest BCUT2D eigenvalue weighted by Gasteiger charge is 2.63. The van der Waals surface area contributed by atoms with Crippen molar-refractivity contribution in [3.8, 4) is 5.75 Å². The van der Waals surface area contributed by atoms with E-state index < -0.39 is 29.2 Å². The van der Waals surface area contributed by atoms with Crippen LogP contribution in [0.4, 0.5) is 8.78 Å². The van der Waals surface area contributed by atoms with Gasteiger partial charge in [0.1, 0.15) is 17.2 Å². The van der Waals surface area contributed by atoms with Crippen molar-refractivity contribution in [2.45, 2.75) is 44.3 Å². The molecule has 2 bridgehead atoms. The van der Waals surface area contributed by atoms with Crippen molar-refractivity contribution in [3.05, 3.63) is 63.1 Å². The molecule has 2 aliphatic heterocycles. The van der Waals surface area contributed by atoms with Crippen molar-refractivity contribution in [2.24, 2.45) is 11.8 Å². The summed E-state index contributed by atoms with van der Waals surface area (Å²) in [4.78, 5) is 41.0. The zero-order chi connectivity index (χ0) is 23.0. The van der Waals surface area contributed by atoms with E-state index in [0.717, 1.165) is 25.0 Å². The second-order valence-corrected chi connectivity index (χ2v) is 9.03. The quantitative estimate of drug-likeness (QED) is 0.754. The Kier molecular flexibility index (Phi) is 4.39. The standard InChI is InChI=1S/C23H21F2N3O5/c1-32-21-19-23(31)28-16-6-17(13-5-12(13)16)33-18(28)9-27(19)8-14(20(21)29)22(30)26-7-10-2-3-11(24)4-15(10)25/h2-4,8,12-13,16-18H,5-7,9H2,1H3,(H,26,30)/t12-,13+,16-,17+,18?/m0/s1. The van der Waals surface area contributed by atoms with Crippen LogP contribution in [0.2, 0.25) is 0 Å². The molecule has 2 aliphatic carbocycles. The predicted octanol–water partition coefficient (Wildman–Crippen LogP) is 1.65. The zero-order valence-corrected chi connectivity index (χ0v) is 17.7. The largest absolute Gasteiger partial charge is 0.491 e. The van der Waals surface area contributed by atoms with Gasteiger partial charge < -0.3 is 24.3 Å². The number of nitrogens with zero attached hydrogens (tertiary/aromatic N) is 2.